The Labute approximate surface area is 222 Å². The Bertz CT molecular complexity index is 865. The van der Waals surface area contributed by atoms with E-state index < -0.39 is 15.9 Å². The number of benzene rings is 1. The zero-order valence-corrected chi connectivity index (χ0v) is 23.3. The number of nitrogens with one attached hydrogen (secondary N) is 1. The summed E-state index contributed by atoms with van der Waals surface area (Å²) in [5, 5.41) is 0. The van der Waals surface area contributed by atoms with Gasteiger partial charge in [-0.1, -0.05) is 57.9 Å². The van der Waals surface area contributed by atoms with Crippen molar-refractivity contribution in [3.05, 3.63) is 29.3 Å². The number of sulfonamides is 1. The maximum atomic E-state index is 12.8. The lowest BCUT2D eigenvalue weighted by molar-refractivity contribution is -0.0774. The van der Waals surface area contributed by atoms with Gasteiger partial charge in [0.15, 0.2) is 0 Å². The van der Waals surface area contributed by atoms with Crippen LogP contribution < -0.4 is 9.46 Å². The van der Waals surface area contributed by atoms with Crippen molar-refractivity contribution in [3.63, 3.8) is 0 Å². The molecule has 1 aliphatic heterocycles. The zero-order valence-electron chi connectivity index (χ0n) is 22.5. The molecule has 1 aromatic rings. The number of rotatable bonds is 14. The molecule has 0 spiro atoms. The third kappa shape index (κ3) is 14.7. The Morgan fingerprint density at radius 1 is 0.919 bits per heavy atom. The molecule has 1 heterocycles. The van der Waals surface area contributed by atoms with Gasteiger partial charge in [-0.15, -0.1) is 0 Å². The SMILES string of the molecule is CCCCCCCCCCc1ccc(OCC2COCCOCCOCCO2)c(C(=O)NS(C)(=O)=O)c1. The van der Waals surface area contributed by atoms with Crippen LogP contribution in [0.15, 0.2) is 18.2 Å². The maximum Gasteiger partial charge on any atom is 0.268 e. The minimum atomic E-state index is -3.72. The van der Waals surface area contributed by atoms with Gasteiger partial charge in [0.05, 0.1) is 58.1 Å². The van der Waals surface area contributed by atoms with E-state index in [9.17, 15) is 13.2 Å². The quantitative estimate of drug-likeness (QED) is 0.352. The fraction of sp³-hybridized carbons (Fsp3) is 0.741. The molecule has 0 aliphatic carbocycles. The average Bonchev–Trinajstić information content (AvgIpc) is 2.84. The summed E-state index contributed by atoms with van der Waals surface area (Å²) in [4.78, 5) is 12.8. The Kier molecular flexibility index (Phi) is 15.8. The normalized spacial score (nSPS) is 17.9. The predicted octanol–water partition coefficient (Wildman–Crippen LogP) is 3.89. The number of unbranched alkanes of at least 4 members (excludes halogenated alkanes) is 7. The van der Waals surface area contributed by atoms with Gasteiger partial charge in [0.25, 0.3) is 5.91 Å². The lowest BCUT2D eigenvalue weighted by Gasteiger charge is -2.21. The van der Waals surface area contributed by atoms with Gasteiger partial charge in [0.2, 0.25) is 10.0 Å². The van der Waals surface area contributed by atoms with E-state index in [1.807, 2.05) is 6.07 Å². The second kappa shape index (κ2) is 18.5. The molecular formula is C27H45NO8S. The van der Waals surface area contributed by atoms with E-state index in [-0.39, 0.29) is 18.3 Å². The molecule has 2 rings (SSSR count). The molecule has 0 aromatic heterocycles. The van der Waals surface area contributed by atoms with Crippen molar-refractivity contribution in [2.75, 3.05) is 59.1 Å². The van der Waals surface area contributed by atoms with Crippen molar-refractivity contribution in [1.82, 2.24) is 4.72 Å². The minimum absolute atomic E-state index is 0.136. The van der Waals surface area contributed by atoms with Crippen molar-refractivity contribution in [3.8, 4) is 5.75 Å². The lowest BCUT2D eigenvalue weighted by Crippen LogP contribution is -2.32. The van der Waals surface area contributed by atoms with Crippen LogP contribution in [0, 0.1) is 0 Å². The predicted molar refractivity (Wildman–Crippen MR) is 143 cm³/mol. The molecule has 0 radical (unpaired) electrons. The first kappa shape index (κ1) is 31.5. The fourth-order valence-corrected chi connectivity index (χ4v) is 4.42. The van der Waals surface area contributed by atoms with Crippen molar-refractivity contribution in [1.29, 1.82) is 0 Å². The highest BCUT2D eigenvalue weighted by Gasteiger charge is 2.19. The van der Waals surface area contributed by atoms with E-state index in [0.29, 0.717) is 52.0 Å². The third-order valence-electron chi connectivity index (χ3n) is 5.94. The topological polar surface area (TPSA) is 109 Å². The highest BCUT2D eigenvalue weighted by molar-refractivity contribution is 7.89. The highest BCUT2D eigenvalue weighted by atomic mass is 32.2. The highest BCUT2D eigenvalue weighted by Crippen LogP contribution is 2.23. The Hall–Kier alpha value is -1.72. The van der Waals surface area contributed by atoms with Gasteiger partial charge in [0, 0.05) is 0 Å². The van der Waals surface area contributed by atoms with Crippen LogP contribution in [0.25, 0.3) is 0 Å². The lowest BCUT2D eigenvalue weighted by atomic mass is 10.0. The fourth-order valence-electron chi connectivity index (χ4n) is 3.98. The molecule has 10 heteroatoms. The number of carbonyl (C=O) groups excluding carboxylic acids is 1. The third-order valence-corrected chi connectivity index (χ3v) is 6.50. The molecule has 0 bridgehead atoms. The Morgan fingerprint density at radius 3 is 2.22 bits per heavy atom. The molecule has 0 saturated carbocycles. The number of ether oxygens (including phenoxy) is 5. The van der Waals surface area contributed by atoms with E-state index in [1.54, 1.807) is 12.1 Å². The summed E-state index contributed by atoms with van der Waals surface area (Å²) >= 11 is 0. The van der Waals surface area contributed by atoms with Crippen LogP contribution in [0.1, 0.15) is 74.2 Å². The van der Waals surface area contributed by atoms with Crippen molar-refractivity contribution >= 4 is 15.9 Å². The van der Waals surface area contributed by atoms with Crippen molar-refractivity contribution in [2.24, 2.45) is 0 Å². The molecule has 1 amide bonds. The first-order valence-corrected chi connectivity index (χ1v) is 15.4. The molecule has 9 nitrogen and oxygen atoms in total. The van der Waals surface area contributed by atoms with Gasteiger partial charge in [0.1, 0.15) is 18.5 Å². The average molecular weight is 544 g/mol. The summed E-state index contributed by atoms with van der Waals surface area (Å²) in [6.07, 6.45) is 11.1. The smallest absolute Gasteiger partial charge is 0.268 e. The summed E-state index contributed by atoms with van der Waals surface area (Å²) in [5.41, 5.74) is 1.16. The largest absolute Gasteiger partial charge is 0.490 e. The van der Waals surface area contributed by atoms with Gasteiger partial charge >= 0.3 is 0 Å². The van der Waals surface area contributed by atoms with Gasteiger partial charge < -0.3 is 23.7 Å². The first-order chi connectivity index (χ1) is 17.9. The van der Waals surface area contributed by atoms with E-state index in [0.717, 1.165) is 31.1 Å². The van der Waals surface area contributed by atoms with Crippen LogP contribution >= 0.6 is 0 Å². The monoisotopic (exact) mass is 543 g/mol. The number of aryl methyl sites for hydroxylation is 1. The van der Waals surface area contributed by atoms with E-state index in [4.69, 9.17) is 23.7 Å². The van der Waals surface area contributed by atoms with Gasteiger partial charge in [-0.25, -0.2) is 13.1 Å². The Morgan fingerprint density at radius 2 is 1.54 bits per heavy atom. The number of hydrogen-bond donors (Lipinski definition) is 1. The zero-order chi connectivity index (χ0) is 26.8. The second-order valence-corrected chi connectivity index (χ2v) is 11.1. The van der Waals surface area contributed by atoms with Crippen molar-refractivity contribution in [2.45, 2.75) is 70.8 Å². The Balaban J connectivity index is 1.97. The van der Waals surface area contributed by atoms with Crippen molar-refractivity contribution < 1.29 is 36.9 Å². The molecule has 1 aromatic carbocycles. The summed E-state index contributed by atoms with van der Waals surface area (Å²) in [6, 6.07) is 5.38. The maximum absolute atomic E-state index is 12.8. The molecular weight excluding hydrogens is 498 g/mol. The summed E-state index contributed by atoms with van der Waals surface area (Å²) in [5.74, 6) is -0.410. The molecule has 1 saturated heterocycles. The summed E-state index contributed by atoms with van der Waals surface area (Å²) in [7, 11) is -3.72. The summed E-state index contributed by atoms with van der Waals surface area (Å²) < 4.78 is 53.8. The minimum Gasteiger partial charge on any atom is -0.490 e. The molecule has 1 unspecified atom stereocenters. The number of amides is 1. The van der Waals surface area contributed by atoms with Crippen LogP contribution in [0.5, 0.6) is 5.75 Å². The molecule has 37 heavy (non-hydrogen) atoms. The van der Waals surface area contributed by atoms with E-state index in [2.05, 4.69) is 11.6 Å². The molecule has 1 aliphatic rings. The van der Waals surface area contributed by atoms with Gasteiger partial charge in [-0.3, -0.25) is 4.79 Å². The van der Waals surface area contributed by atoms with Crippen LogP contribution in [-0.4, -0.2) is 79.5 Å². The van der Waals surface area contributed by atoms with Crippen LogP contribution in [0.4, 0.5) is 0 Å². The molecule has 1 N–H and O–H groups in total. The van der Waals surface area contributed by atoms with Crippen LogP contribution in [0.3, 0.4) is 0 Å². The molecule has 212 valence electrons. The number of carbonyl (C=O) groups is 1. The van der Waals surface area contributed by atoms with E-state index >= 15 is 0 Å². The van der Waals surface area contributed by atoms with Gasteiger partial charge in [-0.05, 0) is 30.5 Å². The van der Waals surface area contributed by atoms with E-state index in [1.165, 1.54) is 38.5 Å². The molecule has 1 atom stereocenters. The second-order valence-electron chi connectivity index (χ2n) is 9.36. The number of hydrogen-bond acceptors (Lipinski definition) is 8. The molecule has 1 fully saturated rings. The van der Waals surface area contributed by atoms with Gasteiger partial charge in [-0.2, -0.15) is 0 Å². The standard InChI is InChI=1S/C27H45NO8S/c1-3-4-5-6-7-8-9-10-11-23-12-13-26(25(20-23)27(29)28-37(2,30)31)36-22-24-21-34-17-16-32-14-15-33-18-19-35-24/h12-13,20,24H,3-11,14-19,21-22H2,1-2H3,(H,28,29). The van der Waals surface area contributed by atoms with Crippen LogP contribution in [0.2, 0.25) is 0 Å². The first-order valence-electron chi connectivity index (χ1n) is 13.5. The summed E-state index contributed by atoms with van der Waals surface area (Å²) in [6.45, 7) is 5.35. The van der Waals surface area contributed by atoms with Crippen LogP contribution in [-0.2, 0) is 35.4 Å².